The zero-order valence-corrected chi connectivity index (χ0v) is 11.8. The average molecular weight is 284 g/mol. The SMILES string of the molecule is CC(C)C(=O)NCCNC(=O)Nc1cccc(Cl)c1. The van der Waals surface area contributed by atoms with Crippen LogP contribution < -0.4 is 16.0 Å². The number of urea groups is 1. The summed E-state index contributed by atoms with van der Waals surface area (Å²) >= 11 is 5.80. The molecule has 0 saturated heterocycles. The summed E-state index contributed by atoms with van der Waals surface area (Å²) < 4.78 is 0. The molecule has 0 unspecified atom stereocenters. The van der Waals surface area contributed by atoms with Gasteiger partial charge in [-0.25, -0.2) is 4.79 Å². The second kappa shape index (κ2) is 7.63. The number of benzene rings is 1. The van der Waals surface area contributed by atoms with Crippen molar-refractivity contribution in [2.24, 2.45) is 5.92 Å². The van der Waals surface area contributed by atoms with Crippen LogP contribution in [0.1, 0.15) is 13.8 Å². The number of halogens is 1. The van der Waals surface area contributed by atoms with Gasteiger partial charge in [0.25, 0.3) is 0 Å². The van der Waals surface area contributed by atoms with Crippen LogP contribution in [0.15, 0.2) is 24.3 Å². The quantitative estimate of drug-likeness (QED) is 0.725. The third-order valence-electron chi connectivity index (χ3n) is 2.32. The Morgan fingerprint density at radius 3 is 2.53 bits per heavy atom. The van der Waals surface area contributed by atoms with Gasteiger partial charge >= 0.3 is 6.03 Å². The van der Waals surface area contributed by atoms with Crippen molar-refractivity contribution in [1.29, 1.82) is 0 Å². The van der Waals surface area contributed by atoms with Crippen LogP contribution in [0.25, 0.3) is 0 Å². The van der Waals surface area contributed by atoms with Gasteiger partial charge in [-0.1, -0.05) is 31.5 Å². The van der Waals surface area contributed by atoms with Crippen molar-refractivity contribution in [3.8, 4) is 0 Å². The summed E-state index contributed by atoms with van der Waals surface area (Å²) in [6.07, 6.45) is 0. The van der Waals surface area contributed by atoms with Crippen LogP contribution >= 0.6 is 11.6 Å². The van der Waals surface area contributed by atoms with Gasteiger partial charge in [-0.05, 0) is 18.2 Å². The average Bonchev–Trinajstić information content (AvgIpc) is 2.34. The van der Waals surface area contributed by atoms with Crippen LogP contribution in [0.5, 0.6) is 0 Å². The predicted octanol–water partition coefficient (Wildman–Crippen LogP) is 2.23. The van der Waals surface area contributed by atoms with Gasteiger partial charge in [0.1, 0.15) is 0 Å². The molecule has 0 atom stereocenters. The molecule has 3 N–H and O–H groups in total. The molecule has 0 saturated carbocycles. The number of carbonyl (C=O) groups excluding carboxylic acids is 2. The number of rotatable bonds is 5. The molecule has 0 aliphatic carbocycles. The van der Waals surface area contributed by atoms with E-state index < -0.39 is 0 Å². The molecule has 0 heterocycles. The standard InChI is InChI=1S/C13H18ClN3O2/c1-9(2)12(18)15-6-7-16-13(19)17-11-5-3-4-10(14)8-11/h3-5,8-9H,6-7H2,1-2H3,(H,15,18)(H2,16,17,19). The number of hydrogen-bond acceptors (Lipinski definition) is 2. The summed E-state index contributed by atoms with van der Waals surface area (Å²) in [5.74, 6) is -0.0858. The number of hydrogen-bond donors (Lipinski definition) is 3. The van der Waals surface area contributed by atoms with Gasteiger partial charge in [0.15, 0.2) is 0 Å². The van der Waals surface area contributed by atoms with E-state index in [1.807, 2.05) is 13.8 Å². The first kappa shape index (κ1) is 15.3. The van der Waals surface area contributed by atoms with Gasteiger partial charge in [-0.3, -0.25) is 4.79 Å². The summed E-state index contributed by atoms with van der Waals surface area (Å²) in [6, 6.07) is 6.54. The van der Waals surface area contributed by atoms with Gasteiger partial charge in [-0.15, -0.1) is 0 Å². The van der Waals surface area contributed by atoms with E-state index >= 15 is 0 Å². The Bertz CT molecular complexity index is 449. The van der Waals surface area contributed by atoms with E-state index in [1.165, 1.54) is 0 Å². The fourth-order valence-corrected chi connectivity index (χ4v) is 1.50. The van der Waals surface area contributed by atoms with Crippen LogP contribution in [-0.4, -0.2) is 25.0 Å². The highest BCUT2D eigenvalue weighted by Gasteiger charge is 2.05. The first-order valence-corrected chi connectivity index (χ1v) is 6.45. The molecule has 0 bridgehead atoms. The molecule has 104 valence electrons. The fraction of sp³-hybridized carbons (Fsp3) is 0.385. The van der Waals surface area contributed by atoms with Crippen molar-refractivity contribution < 1.29 is 9.59 Å². The molecule has 0 aromatic heterocycles. The van der Waals surface area contributed by atoms with Crippen molar-refractivity contribution >= 4 is 29.2 Å². The van der Waals surface area contributed by atoms with Crippen LogP contribution in [0.2, 0.25) is 5.02 Å². The smallest absolute Gasteiger partial charge is 0.319 e. The second-order valence-corrected chi connectivity index (χ2v) is 4.77. The van der Waals surface area contributed by atoms with Gasteiger partial charge in [0.2, 0.25) is 5.91 Å². The van der Waals surface area contributed by atoms with Crippen LogP contribution in [0.4, 0.5) is 10.5 Å². The lowest BCUT2D eigenvalue weighted by Crippen LogP contribution is -2.38. The summed E-state index contributed by atoms with van der Waals surface area (Å²) in [7, 11) is 0. The minimum Gasteiger partial charge on any atom is -0.354 e. The minimum absolute atomic E-state index is 0.0305. The number of nitrogens with one attached hydrogen (secondary N) is 3. The molecular weight excluding hydrogens is 266 g/mol. The Kier molecular flexibility index (Phi) is 6.15. The summed E-state index contributed by atoms with van der Waals surface area (Å²) in [4.78, 5) is 22.8. The molecule has 0 aliphatic heterocycles. The third-order valence-corrected chi connectivity index (χ3v) is 2.55. The number of anilines is 1. The van der Waals surface area contributed by atoms with Crippen LogP contribution in [0, 0.1) is 5.92 Å². The molecule has 0 fully saturated rings. The molecule has 0 radical (unpaired) electrons. The van der Waals surface area contributed by atoms with Crippen molar-refractivity contribution in [2.45, 2.75) is 13.8 Å². The first-order chi connectivity index (χ1) is 8.99. The monoisotopic (exact) mass is 283 g/mol. The highest BCUT2D eigenvalue weighted by Crippen LogP contribution is 2.14. The molecule has 0 aliphatic rings. The maximum atomic E-state index is 11.5. The second-order valence-electron chi connectivity index (χ2n) is 4.34. The van der Waals surface area contributed by atoms with E-state index in [2.05, 4.69) is 16.0 Å². The highest BCUT2D eigenvalue weighted by molar-refractivity contribution is 6.30. The molecule has 6 heteroatoms. The maximum Gasteiger partial charge on any atom is 0.319 e. The fourth-order valence-electron chi connectivity index (χ4n) is 1.31. The van der Waals surface area contributed by atoms with Gasteiger partial charge in [0.05, 0.1) is 0 Å². The van der Waals surface area contributed by atoms with Gasteiger partial charge in [-0.2, -0.15) is 0 Å². The Labute approximate surface area is 117 Å². The summed E-state index contributed by atoms with van der Waals surface area (Å²) in [5.41, 5.74) is 0.621. The highest BCUT2D eigenvalue weighted by atomic mass is 35.5. The predicted molar refractivity (Wildman–Crippen MR) is 76.3 cm³/mol. The lowest BCUT2D eigenvalue weighted by Gasteiger charge is -2.10. The molecule has 1 aromatic carbocycles. The Morgan fingerprint density at radius 1 is 1.21 bits per heavy atom. The van der Waals surface area contributed by atoms with Crippen molar-refractivity contribution in [3.63, 3.8) is 0 Å². The molecule has 19 heavy (non-hydrogen) atoms. The summed E-state index contributed by atoms with van der Waals surface area (Å²) in [5, 5.41) is 8.55. The first-order valence-electron chi connectivity index (χ1n) is 6.07. The lowest BCUT2D eigenvalue weighted by atomic mass is 10.2. The zero-order valence-electron chi connectivity index (χ0n) is 11.0. The molecule has 1 rings (SSSR count). The summed E-state index contributed by atoms with van der Waals surface area (Å²) in [6.45, 7) is 4.40. The van der Waals surface area contributed by atoms with E-state index in [9.17, 15) is 9.59 Å². The van der Waals surface area contributed by atoms with Gasteiger partial charge < -0.3 is 16.0 Å². The Hall–Kier alpha value is -1.75. The topological polar surface area (TPSA) is 70.2 Å². The Balaban J connectivity index is 2.23. The molecule has 0 spiro atoms. The maximum absolute atomic E-state index is 11.5. The largest absolute Gasteiger partial charge is 0.354 e. The number of amides is 3. The zero-order chi connectivity index (χ0) is 14.3. The lowest BCUT2D eigenvalue weighted by molar-refractivity contribution is -0.123. The van der Waals surface area contributed by atoms with E-state index in [0.717, 1.165) is 0 Å². The molecule has 1 aromatic rings. The van der Waals surface area contributed by atoms with E-state index in [-0.39, 0.29) is 17.9 Å². The Morgan fingerprint density at radius 2 is 1.89 bits per heavy atom. The van der Waals surface area contributed by atoms with Crippen molar-refractivity contribution in [2.75, 3.05) is 18.4 Å². The molecule has 5 nitrogen and oxygen atoms in total. The molecular formula is C13H18ClN3O2. The van der Waals surface area contributed by atoms with E-state index in [4.69, 9.17) is 11.6 Å². The minimum atomic E-state index is -0.332. The third kappa shape index (κ3) is 6.10. The van der Waals surface area contributed by atoms with Crippen LogP contribution in [-0.2, 0) is 4.79 Å². The van der Waals surface area contributed by atoms with Crippen molar-refractivity contribution in [3.05, 3.63) is 29.3 Å². The molecule has 3 amide bonds. The van der Waals surface area contributed by atoms with Crippen molar-refractivity contribution in [1.82, 2.24) is 10.6 Å². The van der Waals surface area contributed by atoms with E-state index in [0.29, 0.717) is 23.8 Å². The number of carbonyl (C=O) groups is 2. The van der Waals surface area contributed by atoms with E-state index in [1.54, 1.807) is 24.3 Å². The normalized spacial score (nSPS) is 10.1. The van der Waals surface area contributed by atoms with Crippen LogP contribution in [0.3, 0.4) is 0 Å². The van der Waals surface area contributed by atoms with Gasteiger partial charge in [0, 0.05) is 29.7 Å².